The standard InChI is InChI=1S/C10H21N3O/c1-13(2)8-4-7-11-9-5-3-6-12-10(9)14/h9,11H,3-8H2,1-2H3,(H,12,14). The van der Waals surface area contributed by atoms with E-state index >= 15 is 0 Å². The maximum Gasteiger partial charge on any atom is 0.237 e. The van der Waals surface area contributed by atoms with E-state index in [-0.39, 0.29) is 11.9 Å². The molecule has 1 heterocycles. The van der Waals surface area contributed by atoms with Crippen molar-refractivity contribution in [3.63, 3.8) is 0 Å². The SMILES string of the molecule is CN(C)CCCNC1CCCNC1=O. The minimum absolute atomic E-state index is 0.0471. The zero-order chi connectivity index (χ0) is 10.4. The third-order valence-corrected chi connectivity index (χ3v) is 2.46. The zero-order valence-electron chi connectivity index (χ0n) is 9.18. The van der Waals surface area contributed by atoms with Gasteiger partial charge in [0.05, 0.1) is 6.04 Å². The van der Waals surface area contributed by atoms with Crippen LogP contribution in [0.4, 0.5) is 0 Å². The zero-order valence-corrected chi connectivity index (χ0v) is 9.18. The number of carbonyl (C=O) groups is 1. The normalized spacial score (nSPS) is 22.5. The molecule has 0 radical (unpaired) electrons. The van der Waals surface area contributed by atoms with Crippen molar-refractivity contribution >= 4 is 5.91 Å². The average Bonchev–Trinajstić information content (AvgIpc) is 2.15. The molecular weight excluding hydrogens is 178 g/mol. The first-order valence-electron chi connectivity index (χ1n) is 5.36. The van der Waals surface area contributed by atoms with Crippen molar-refractivity contribution in [2.24, 2.45) is 0 Å². The number of amides is 1. The van der Waals surface area contributed by atoms with Gasteiger partial charge in [0.15, 0.2) is 0 Å². The Balaban J connectivity index is 2.07. The van der Waals surface area contributed by atoms with Crippen LogP contribution in [0.15, 0.2) is 0 Å². The van der Waals surface area contributed by atoms with Gasteiger partial charge in [0.1, 0.15) is 0 Å². The van der Waals surface area contributed by atoms with Gasteiger partial charge in [-0.1, -0.05) is 0 Å². The first-order chi connectivity index (χ1) is 6.70. The second-order valence-corrected chi connectivity index (χ2v) is 4.10. The molecule has 0 bridgehead atoms. The van der Waals surface area contributed by atoms with Crippen LogP contribution < -0.4 is 10.6 Å². The summed E-state index contributed by atoms with van der Waals surface area (Å²) in [5, 5.41) is 6.16. The molecular formula is C10H21N3O. The molecule has 1 aliphatic heterocycles. The highest BCUT2D eigenvalue weighted by atomic mass is 16.2. The molecule has 0 aromatic rings. The fourth-order valence-corrected chi connectivity index (χ4v) is 1.64. The van der Waals surface area contributed by atoms with Crippen molar-refractivity contribution in [2.75, 3.05) is 33.7 Å². The lowest BCUT2D eigenvalue weighted by molar-refractivity contribution is -0.124. The fourth-order valence-electron chi connectivity index (χ4n) is 1.64. The molecule has 0 aromatic heterocycles. The Morgan fingerprint density at radius 3 is 3.00 bits per heavy atom. The summed E-state index contributed by atoms with van der Waals surface area (Å²) in [4.78, 5) is 13.5. The number of rotatable bonds is 5. The third kappa shape index (κ3) is 4.07. The second-order valence-electron chi connectivity index (χ2n) is 4.10. The Morgan fingerprint density at radius 2 is 2.36 bits per heavy atom. The highest BCUT2D eigenvalue weighted by Gasteiger charge is 2.20. The van der Waals surface area contributed by atoms with Crippen molar-refractivity contribution in [3.05, 3.63) is 0 Å². The quantitative estimate of drug-likeness (QED) is 0.603. The molecule has 1 rings (SSSR count). The van der Waals surface area contributed by atoms with Gasteiger partial charge in [-0.3, -0.25) is 4.79 Å². The summed E-state index contributed by atoms with van der Waals surface area (Å²) in [6.07, 6.45) is 3.17. The van der Waals surface area contributed by atoms with Gasteiger partial charge in [0.25, 0.3) is 0 Å². The van der Waals surface area contributed by atoms with Crippen LogP contribution in [-0.4, -0.2) is 50.6 Å². The first kappa shape index (κ1) is 11.5. The maximum absolute atomic E-state index is 11.3. The molecule has 1 unspecified atom stereocenters. The Morgan fingerprint density at radius 1 is 1.57 bits per heavy atom. The predicted octanol–water partition coefficient (Wildman–Crippen LogP) is -0.194. The van der Waals surface area contributed by atoms with Crippen LogP contribution in [-0.2, 0) is 4.79 Å². The molecule has 2 N–H and O–H groups in total. The lowest BCUT2D eigenvalue weighted by Gasteiger charge is -2.23. The van der Waals surface area contributed by atoms with Gasteiger partial charge in [-0.25, -0.2) is 0 Å². The van der Waals surface area contributed by atoms with Gasteiger partial charge in [-0.2, -0.15) is 0 Å². The van der Waals surface area contributed by atoms with Crippen LogP contribution in [0.3, 0.4) is 0 Å². The van der Waals surface area contributed by atoms with Gasteiger partial charge < -0.3 is 15.5 Å². The molecule has 1 saturated heterocycles. The molecule has 82 valence electrons. The van der Waals surface area contributed by atoms with Crippen molar-refractivity contribution in [2.45, 2.75) is 25.3 Å². The maximum atomic E-state index is 11.3. The molecule has 4 nitrogen and oxygen atoms in total. The van der Waals surface area contributed by atoms with E-state index in [1.807, 2.05) is 0 Å². The van der Waals surface area contributed by atoms with Crippen molar-refractivity contribution in [1.29, 1.82) is 0 Å². The van der Waals surface area contributed by atoms with Crippen LogP contribution in [0.1, 0.15) is 19.3 Å². The molecule has 0 saturated carbocycles. The number of nitrogens with one attached hydrogen (secondary N) is 2. The smallest absolute Gasteiger partial charge is 0.237 e. The van der Waals surface area contributed by atoms with E-state index in [0.717, 1.165) is 38.9 Å². The summed E-state index contributed by atoms with van der Waals surface area (Å²) in [6.45, 7) is 2.84. The van der Waals surface area contributed by atoms with E-state index in [1.54, 1.807) is 0 Å². The summed E-state index contributed by atoms with van der Waals surface area (Å²) in [7, 11) is 4.13. The molecule has 0 spiro atoms. The van der Waals surface area contributed by atoms with Crippen LogP contribution in [0.5, 0.6) is 0 Å². The highest BCUT2D eigenvalue weighted by molar-refractivity contribution is 5.82. The summed E-state index contributed by atoms with van der Waals surface area (Å²) in [6, 6.07) is 0.0471. The number of hydrogen-bond donors (Lipinski definition) is 2. The van der Waals surface area contributed by atoms with Crippen LogP contribution in [0, 0.1) is 0 Å². The average molecular weight is 199 g/mol. The fraction of sp³-hybridized carbons (Fsp3) is 0.900. The van der Waals surface area contributed by atoms with E-state index in [4.69, 9.17) is 0 Å². The molecule has 0 aliphatic carbocycles. The Kier molecular flexibility index (Phi) is 4.90. The van der Waals surface area contributed by atoms with Gasteiger partial charge in [-0.15, -0.1) is 0 Å². The van der Waals surface area contributed by atoms with Gasteiger partial charge >= 0.3 is 0 Å². The minimum atomic E-state index is 0.0471. The minimum Gasteiger partial charge on any atom is -0.355 e. The third-order valence-electron chi connectivity index (χ3n) is 2.46. The van der Waals surface area contributed by atoms with Crippen LogP contribution >= 0.6 is 0 Å². The summed E-state index contributed by atoms with van der Waals surface area (Å²) in [5.74, 6) is 0.168. The van der Waals surface area contributed by atoms with Crippen molar-refractivity contribution in [1.82, 2.24) is 15.5 Å². The van der Waals surface area contributed by atoms with Gasteiger partial charge in [-0.05, 0) is 46.4 Å². The monoisotopic (exact) mass is 199 g/mol. The number of nitrogens with zero attached hydrogens (tertiary/aromatic N) is 1. The highest BCUT2D eigenvalue weighted by Crippen LogP contribution is 2.02. The van der Waals surface area contributed by atoms with E-state index < -0.39 is 0 Å². The number of piperidine rings is 1. The van der Waals surface area contributed by atoms with Crippen LogP contribution in [0.2, 0.25) is 0 Å². The first-order valence-corrected chi connectivity index (χ1v) is 5.36. The number of carbonyl (C=O) groups excluding carboxylic acids is 1. The van der Waals surface area contributed by atoms with E-state index in [1.165, 1.54) is 0 Å². The predicted molar refractivity (Wildman–Crippen MR) is 57.2 cm³/mol. The second kappa shape index (κ2) is 5.98. The Labute approximate surface area is 86.0 Å². The summed E-state index contributed by atoms with van der Waals surface area (Å²) in [5.41, 5.74) is 0. The van der Waals surface area contributed by atoms with Crippen molar-refractivity contribution < 1.29 is 4.79 Å². The molecule has 1 aliphatic rings. The molecule has 14 heavy (non-hydrogen) atoms. The van der Waals surface area contributed by atoms with E-state index in [2.05, 4.69) is 29.6 Å². The summed E-state index contributed by atoms with van der Waals surface area (Å²) < 4.78 is 0. The van der Waals surface area contributed by atoms with Crippen LogP contribution in [0.25, 0.3) is 0 Å². The topological polar surface area (TPSA) is 44.4 Å². The largest absolute Gasteiger partial charge is 0.355 e. The molecule has 0 aromatic carbocycles. The van der Waals surface area contributed by atoms with Crippen molar-refractivity contribution in [3.8, 4) is 0 Å². The Bertz CT molecular complexity index is 182. The van der Waals surface area contributed by atoms with Gasteiger partial charge in [0.2, 0.25) is 5.91 Å². The van der Waals surface area contributed by atoms with E-state index in [9.17, 15) is 4.79 Å². The molecule has 1 atom stereocenters. The Hall–Kier alpha value is -0.610. The lowest BCUT2D eigenvalue weighted by Crippen LogP contribution is -2.48. The summed E-state index contributed by atoms with van der Waals surface area (Å²) >= 11 is 0. The lowest BCUT2D eigenvalue weighted by atomic mass is 10.1. The number of hydrogen-bond acceptors (Lipinski definition) is 3. The van der Waals surface area contributed by atoms with Gasteiger partial charge in [0, 0.05) is 6.54 Å². The van der Waals surface area contributed by atoms with E-state index in [0.29, 0.717) is 0 Å². The molecule has 1 fully saturated rings. The molecule has 4 heteroatoms. The molecule has 1 amide bonds.